The number of carbonyl (C=O) groups excluding carboxylic acids is 1. The summed E-state index contributed by atoms with van der Waals surface area (Å²) in [4.78, 5) is 34.6. The molecule has 0 amide bonds. The molecule has 3 rings (SSSR count). The first kappa shape index (κ1) is 22.0. The number of imidazole rings is 1. The fourth-order valence-electron chi connectivity index (χ4n) is 3.17. The number of rotatable bonds is 7. The summed E-state index contributed by atoms with van der Waals surface area (Å²) >= 11 is 0. The summed E-state index contributed by atoms with van der Waals surface area (Å²) in [5.74, 6) is -0.814. The average Bonchev–Trinajstić information content (AvgIpc) is 2.96. The van der Waals surface area contributed by atoms with E-state index in [1.165, 1.54) is 52.6 Å². The van der Waals surface area contributed by atoms with Gasteiger partial charge in [0.2, 0.25) is 0 Å². The number of sulfonamides is 1. The number of aromatic nitrogens is 2. The highest BCUT2D eigenvalue weighted by Gasteiger charge is 2.29. The van der Waals surface area contributed by atoms with Crippen molar-refractivity contribution in [3.63, 3.8) is 0 Å². The lowest BCUT2D eigenvalue weighted by molar-refractivity contribution is -0.384. The van der Waals surface area contributed by atoms with Crippen molar-refractivity contribution in [3.8, 4) is 0 Å². The van der Waals surface area contributed by atoms with E-state index in [4.69, 9.17) is 4.74 Å². The Morgan fingerprint density at radius 1 is 1.13 bits per heavy atom. The number of hydrogen-bond acceptors (Lipinski definition) is 7. The van der Waals surface area contributed by atoms with Gasteiger partial charge in [0.05, 0.1) is 33.1 Å². The minimum absolute atomic E-state index is 0.0414. The molecule has 31 heavy (non-hydrogen) atoms. The minimum atomic E-state index is -4.34. The van der Waals surface area contributed by atoms with Gasteiger partial charge in [-0.25, -0.2) is 13.2 Å². The molecule has 0 atom stereocenters. The lowest BCUT2D eigenvalue weighted by Gasteiger charge is -2.23. The van der Waals surface area contributed by atoms with E-state index in [2.05, 4.69) is 0 Å². The number of nitrogens with zero attached hydrogens (tertiary/aromatic N) is 4. The van der Waals surface area contributed by atoms with Crippen molar-refractivity contribution in [2.75, 3.05) is 17.5 Å². The molecule has 0 unspecified atom stereocenters. The predicted octanol–water partition coefficient (Wildman–Crippen LogP) is 1.54. The van der Waals surface area contributed by atoms with Crippen LogP contribution in [-0.4, -0.2) is 41.6 Å². The van der Waals surface area contributed by atoms with Crippen LogP contribution in [0.4, 0.5) is 11.4 Å². The van der Waals surface area contributed by atoms with Crippen LogP contribution < -0.4 is 9.99 Å². The highest BCUT2D eigenvalue weighted by atomic mass is 32.2. The third-order valence-corrected chi connectivity index (χ3v) is 6.51. The van der Waals surface area contributed by atoms with Crippen LogP contribution in [0.25, 0.3) is 11.0 Å². The maximum Gasteiger partial charge on any atom is 0.328 e. The van der Waals surface area contributed by atoms with E-state index in [-0.39, 0.29) is 28.6 Å². The molecule has 164 valence electrons. The SMILES string of the molecule is CCOC(=O)CN(c1cccc([N+](=O)[O-])c1)S(=O)(=O)c1ccc2c(c1)n(C)c(=O)n2C. The van der Waals surface area contributed by atoms with E-state index in [9.17, 15) is 28.1 Å². The van der Waals surface area contributed by atoms with E-state index < -0.39 is 27.5 Å². The first-order valence-electron chi connectivity index (χ1n) is 9.16. The molecule has 3 aromatic rings. The van der Waals surface area contributed by atoms with Crippen LogP contribution in [0, 0.1) is 10.1 Å². The quantitative estimate of drug-likeness (QED) is 0.304. The van der Waals surface area contributed by atoms with Crippen molar-refractivity contribution < 1.29 is 22.9 Å². The molecule has 0 N–H and O–H groups in total. The minimum Gasteiger partial charge on any atom is -0.465 e. The van der Waals surface area contributed by atoms with E-state index in [1.54, 1.807) is 14.0 Å². The molecular weight excluding hydrogens is 428 g/mol. The second-order valence-corrected chi connectivity index (χ2v) is 8.51. The van der Waals surface area contributed by atoms with Crippen LogP contribution in [-0.2, 0) is 33.7 Å². The molecule has 0 radical (unpaired) electrons. The fourth-order valence-corrected chi connectivity index (χ4v) is 4.60. The molecular formula is C19H20N4O7S. The largest absolute Gasteiger partial charge is 0.465 e. The molecule has 0 aliphatic heterocycles. The molecule has 1 aromatic heterocycles. The zero-order chi connectivity index (χ0) is 22.9. The molecule has 0 spiro atoms. The molecule has 1 heterocycles. The topological polar surface area (TPSA) is 134 Å². The van der Waals surface area contributed by atoms with Gasteiger partial charge < -0.3 is 4.74 Å². The van der Waals surface area contributed by atoms with Crippen molar-refractivity contribution in [2.24, 2.45) is 14.1 Å². The van der Waals surface area contributed by atoms with E-state index in [0.717, 1.165) is 10.4 Å². The Morgan fingerprint density at radius 3 is 2.45 bits per heavy atom. The third kappa shape index (κ3) is 4.01. The van der Waals surface area contributed by atoms with Gasteiger partial charge in [-0.1, -0.05) is 6.07 Å². The molecule has 0 aliphatic carbocycles. The van der Waals surface area contributed by atoms with Gasteiger partial charge in [0, 0.05) is 26.2 Å². The van der Waals surface area contributed by atoms with Crippen LogP contribution in [0.1, 0.15) is 6.92 Å². The number of non-ortho nitro benzene ring substituents is 1. The molecule has 11 nitrogen and oxygen atoms in total. The number of carbonyl (C=O) groups is 1. The van der Waals surface area contributed by atoms with Gasteiger partial charge in [-0.15, -0.1) is 0 Å². The number of esters is 1. The second-order valence-electron chi connectivity index (χ2n) is 6.64. The fraction of sp³-hybridized carbons (Fsp3) is 0.263. The first-order chi connectivity index (χ1) is 14.6. The number of benzene rings is 2. The Labute approximate surface area is 177 Å². The van der Waals surface area contributed by atoms with Gasteiger partial charge in [0.15, 0.2) is 0 Å². The van der Waals surface area contributed by atoms with Gasteiger partial charge in [-0.2, -0.15) is 0 Å². The van der Waals surface area contributed by atoms with E-state index >= 15 is 0 Å². The Morgan fingerprint density at radius 2 is 1.81 bits per heavy atom. The number of ether oxygens (including phenoxy) is 1. The number of aryl methyl sites for hydroxylation is 2. The van der Waals surface area contributed by atoms with Gasteiger partial charge in [-0.05, 0) is 31.2 Å². The number of nitro groups is 1. The molecule has 2 aromatic carbocycles. The van der Waals surface area contributed by atoms with Crippen molar-refractivity contribution in [3.05, 3.63) is 63.1 Å². The summed E-state index contributed by atoms with van der Waals surface area (Å²) in [6.07, 6.45) is 0. The van der Waals surface area contributed by atoms with Crippen LogP contribution in [0.2, 0.25) is 0 Å². The summed E-state index contributed by atoms with van der Waals surface area (Å²) in [7, 11) is -1.26. The Bertz CT molecular complexity index is 1340. The number of nitro benzene ring substituents is 1. The Hall–Kier alpha value is -3.67. The van der Waals surface area contributed by atoms with Crippen LogP contribution in [0.5, 0.6) is 0 Å². The summed E-state index contributed by atoms with van der Waals surface area (Å²) in [5, 5.41) is 11.1. The zero-order valence-corrected chi connectivity index (χ0v) is 17.8. The lowest BCUT2D eigenvalue weighted by Crippen LogP contribution is -2.36. The maximum absolute atomic E-state index is 13.5. The van der Waals surface area contributed by atoms with Gasteiger partial charge in [-0.3, -0.25) is 28.3 Å². The van der Waals surface area contributed by atoms with Crippen LogP contribution >= 0.6 is 0 Å². The summed E-state index contributed by atoms with van der Waals surface area (Å²) in [6, 6.07) is 9.07. The zero-order valence-electron chi connectivity index (χ0n) is 17.0. The molecule has 0 saturated carbocycles. The van der Waals surface area contributed by atoms with E-state index in [1.807, 2.05) is 0 Å². The number of fused-ring (bicyclic) bond motifs is 1. The lowest BCUT2D eigenvalue weighted by atomic mass is 10.3. The highest BCUT2D eigenvalue weighted by Crippen LogP contribution is 2.28. The van der Waals surface area contributed by atoms with Gasteiger partial charge >= 0.3 is 11.7 Å². The Balaban J connectivity index is 2.17. The highest BCUT2D eigenvalue weighted by molar-refractivity contribution is 7.92. The molecule has 0 bridgehead atoms. The molecule has 0 aliphatic rings. The van der Waals surface area contributed by atoms with Gasteiger partial charge in [0.1, 0.15) is 6.54 Å². The van der Waals surface area contributed by atoms with Crippen molar-refractivity contribution in [1.82, 2.24) is 9.13 Å². The third-order valence-electron chi connectivity index (χ3n) is 4.74. The van der Waals surface area contributed by atoms with Gasteiger partial charge in [0.25, 0.3) is 15.7 Å². The van der Waals surface area contributed by atoms with Crippen LogP contribution in [0.3, 0.4) is 0 Å². The number of hydrogen-bond donors (Lipinski definition) is 0. The average molecular weight is 448 g/mol. The summed E-state index contributed by atoms with van der Waals surface area (Å²) < 4.78 is 35.2. The van der Waals surface area contributed by atoms with E-state index in [0.29, 0.717) is 11.0 Å². The van der Waals surface area contributed by atoms with Crippen LogP contribution in [0.15, 0.2) is 52.2 Å². The monoisotopic (exact) mass is 448 g/mol. The normalized spacial score (nSPS) is 11.5. The van der Waals surface area contributed by atoms with Crippen molar-refractivity contribution in [2.45, 2.75) is 11.8 Å². The number of anilines is 1. The maximum atomic E-state index is 13.5. The summed E-state index contributed by atoms with van der Waals surface area (Å²) in [6.45, 7) is 0.941. The Kier molecular flexibility index (Phi) is 5.84. The molecule has 12 heteroatoms. The molecule has 0 saturated heterocycles. The molecule has 0 fully saturated rings. The van der Waals surface area contributed by atoms with Crippen molar-refractivity contribution in [1.29, 1.82) is 0 Å². The predicted molar refractivity (Wildman–Crippen MR) is 112 cm³/mol. The first-order valence-corrected chi connectivity index (χ1v) is 10.6. The van der Waals surface area contributed by atoms with Crippen molar-refractivity contribution >= 4 is 38.4 Å². The smallest absolute Gasteiger partial charge is 0.328 e. The second kappa shape index (κ2) is 8.22. The standard InChI is InChI=1S/C19H20N4O7S/c1-4-30-18(24)12-22(13-6-5-7-14(10-13)23(26)27)31(28,29)15-8-9-16-17(11-15)21(3)19(25)20(16)2/h5-11H,4,12H2,1-3H3. The summed E-state index contributed by atoms with van der Waals surface area (Å²) in [5.41, 5.74) is 0.181.